The lowest BCUT2D eigenvalue weighted by atomic mass is 10.1. The first kappa shape index (κ1) is 21.7. The van der Waals surface area contributed by atoms with Crippen molar-refractivity contribution in [2.75, 3.05) is 23.3 Å². The second kappa shape index (κ2) is 9.65. The third-order valence-corrected chi connectivity index (χ3v) is 5.61. The van der Waals surface area contributed by atoms with Gasteiger partial charge in [-0.3, -0.25) is 9.59 Å². The summed E-state index contributed by atoms with van der Waals surface area (Å²) in [6, 6.07) is 13.5. The standard InChI is InChI=1S/C24H31N3O3/c1-5-18(6-2)26-24(29)22-14-27(20-9-7-8-10-21(20)30-22)15-23(28)25-19-12-11-16(3)17(4)13-19/h7-13,18,22H,5-6,14-15H2,1-4H3,(H,25,28)(H,26,29). The molecular weight excluding hydrogens is 378 g/mol. The summed E-state index contributed by atoms with van der Waals surface area (Å²) >= 11 is 0. The summed E-state index contributed by atoms with van der Waals surface area (Å²) < 4.78 is 5.96. The van der Waals surface area contributed by atoms with E-state index in [1.54, 1.807) is 0 Å². The minimum Gasteiger partial charge on any atom is -0.477 e. The number of fused-ring (bicyclic) bond motifs is 1. The maximum absolute atomic E-state index is 12.8. The topological polar surface area (TPSA) is 70.7 Å². The van der Waals surface area contributed by atoms with Crippen LogP contribution in [0.25, 0.3) is 0 Å². The van der Waals surface area contributed by atoms with E-state index in [0.717, 1.165) is 29.8 Å². The monoisotopic (exact) mass is 409 g/mol. The highest BCUT2D eigenvalue weighted by atomic mass is 16.5. The van der Waals surface area contributed by atoms with Gasteiger partial charge >= 0.3 is 0 Å². The average Bonchev–Trinajstić information content (AvgIpc) is 2.74. The van der Waals surface area contributed by atoms with Crippen LogP contribution in [0.2, 0.25) is 0 Å². The summed E-state index contributed by atoms with van der Waals surface area (Å²) in [6.07, 6.45) is 1.08. The van der Waals surface area contributed by atoms with Crippen LogP contribution in [0.5, 0.6) is 5.75 Å². The zero-order valence-corrected chi connectivity index (χ0v) is 18.2. The molecule has 1 unspecified atom stereocenters. The van der Waals surface area contributed by atoms with Crippen molar-refractivity contribution in [3.05, 3.63) is 53.6 Å². The van der Waals surface area contributed by atoms with Gasteiger partial charge in [-0.2, -0.15) is 0 Å². The van der Waals surface area contributed by atoms with Crippen molar-refractivity contribution in [3.8, 4) is 5.75 Å². The predicted molar refractivity (Wildman–Crippen MR) is 120 cm³/mol. The Kier molecular flexibility index (Phi) is 6.98. The predicted octanol–water partition coefficient (Wildman–Crippen LogP) is 3.81. The number of rotatable bonds is 7. The van der Waals surface area contributed by atoms with E-state index in [9.17, 15) is 9.59 Å². The van der Waals surface area contributed by atoms with E-state index in [1.807, 2.05) is 61.2 Å². The van der Waals surface area contributed by atoms with Crippen molar-refractivity contribution >= 4 is 23.2 Å². The maximum atomic E-state index is 12.8. The van der Waals surface area contributed by atoms with Crippen molar-refractivity contribution in [2.24, 2.45) is 0 Å². The molecule has 2 amide bonds. The van der Waals surface area contributed by atoms with Gasteiger partial charge in [-0.1, -0.05) is 32.0 Å². The summed E-state index contributed by atoms with van der Waals surface area (Å²) in [5.41, 5.74) is 3.90. The van der Waals surface area contributed by atoms with Gasteiger partial charge in [-0.25, -0.2) is 0 Å². The molecule has 0 saturated carbocycles. The number of nitrogens with one attached hydrogen (secondary N) is 2. The van der Waals surface area contributed by atoms with E-state index in [1.165, 1.54) is 5.56 Å². The Morgan fingerprint density at radius 1 is 1.10 bits per heavy atom. The third-order valence-electron chi connectivity index (χ3n) is 5.61. The molecular formula is C24H31N3O3. The molecule has 0 spiro atoms. The zero-order valence-electron chi connectivity index (χ0n) is 18.2. The molecule has 6 nitrogen and oxygen atoms in total. The van der Waals surface area contributed by atoms with E-state index in [4.69, 9.17) is 4.74 Å². The minimum absolute atomic E-state index is 0.125. The van der Waals surface area contributed by atoms with E-state index >= 15 is 0 Å². The molecule has 3 rings (SSSR count). The molecule has 0 fully saturated rings. The van der Waals surface area contributed by atoms with Crippen LogP contribution in [-0.4, -0.2) is 37.0 Å². The third kappa shape index (κ3) is 5.12. The van der Waals surface area contributed by atoms with Gasteiger partial charge in [0.25, 0.3) is 5.91 Å². The quantitative estimate of drug-likeness (QED) is 0.729. The molecule has 1 aliphatic heterocycles. The first-order valence-corrected chi connectivity index (χ1v) is 10.6. The number of carbonyl (C=O) groups excluding carboxylic acids is 2. The lowest BCUT2D eigenvalue weighted by Crippen LogP contribution is -2.52. The first-order valence-electron chi connectivity index (χ1n) is 10.6. The minimum atomic E-state index is -0.657. The van der Waals surface area contributed by atoms with Crippen LogP contribution in [0, 0.1) is 13.8 Å². The Morgan fingerprint density at radius 2 is 1.83 bits per heavy atom. The van der Waals surface area contributed by atoms with Crippen LogP contribution in [0.1, 0.15) is 37.8 Å². The summed E-state index contributed by atoms with van der Waals surface area (Å²) in [4.78, 5) is 27.4. The number of hydrogen-bond acceptors (Lipinski definition) is 4. The molecule has 6 heteroatoms. The van der Waals surface area contributed by atoms with Gasteiger partial charge in [0.05, 0.1) is 18.8 Å². The van der Waals surface area contributed by atoms with E-state index in [0.29, 0.717) is 12.3 Å². The summed E-state index contributed by atoms with van der Waals surface area (Å²) in [7, 11) is 0. The first-order chi connectivity index (χ1) is 14.4. The highest BCUT2D eigenvalue weighted by Crippen LogP contribution is 2.33. The van der Waals surface area contributed by atoms with Gasteiger partial charge in [0.2, 0.25) is 5.91 Å². The number of benzene rings is 2. The summed E-state index contributed by atoms with van der Waals surface area (Å²) in [6.45, 7) is 8.62. The van der Waals surface area contributed by atoms with Crippen LogP contribution in [-0.2, 0) is 9.59 Å². The fraction of sp³-hybridized carbons (Fsp3) is 0.417. The van der Waals surface area contributed by atoms with Crippen molar-refractivity contribution in [3.63, 3.8) is 0 Å². The average molecular weight is 410 g/mol. The fourth-order valence-corrected chi connectivity index (χ4v) is 3.57. The number of anilines is 2. The number of hydrogen-bond donors (Lipinski definition) is 2. The molecule has 2 aromatic carbocycles. The van der Waals surface area contributed by atoms with Crippen LogP contribution in [0.15, 0.2) is 42.5 Å². The van der Waals surface area contributed by atoms with Crippen LogP contribution >= 0.6 is 0 Å². The van der Waals surface area contributed by atoms with Crippen molar-refractivity contribution < 1.29 is 14.3 Å². The summed E-state index contributed by atoms with van der Waals surface area (Å²) in [5, 5.41) is 6.01. The van der Waals surface area contributed by atoms with Gasteiger partial charge in [-0.15, -0.1) is 0 Å². The summed E-state index contributed by atoms with van der Waals surface area (Å²) in [5.74, 6) is 0.347. The molecule has 0 radical (unpaired) electrons. The van der Waals surface area contributed by atoms with Gasteiger partial charge in [0, 0.05) is 11.7 Å². The van der Waals surface area contributed by atoms with Gasteiger partial charge in [0.15, 0.2) is 6.10 Å². The molecule has 2 aromatic rings. The number of para-hydroxylation sites is 2. The van der Waals surface area contributed by atoms with Gasteiger partial charge < -0.3 is 20.3 Å². The maximum Gasteiger partial charge on any atom is 0.263 e. The van der Waals surface area contributed by atoms with E-state index in [2.05, 4.69) is 24.5 Å². The molecule has 1 atom stereocenters. The van der Waals surface area contributed by atoms with Crippen molar-refractivity contribution in [2.45, 2.75) is 52.7 Å². The Bertz CT molecular complexity index is 908. The smallest absolute Gasteiger partial charge is 0.263 e. The Morgan fingerprint density at radius 3 is 2.53 bits per heavy atom. The lowest BCUT2D eigenvalue weighted by molar-refractivity contribution is -0.129. The van der Waals surface area contributed by atoms with E-state index < -0.39 is 6.10 Å². The number of ether oxygens (including phenoxy) is 1. The molecule has 30 heavy (non-hydrogen) atoms. The molecule has 0 bridgehead atoms. The Labute approximate surface area is 178 Å². The number of amides is 2. The molecule has 2 N–H and O–H groups in total. The number of carbonyl (C=O) groups is 2. The zero-order chi connectivity index (χ0) is 21.7. The second-order valence-electron chi connectivity index (χ2n) is 7.82. The van der Waals surface area contributed by atoms with Crippen LogP contribution < -0.4 is 20.3 Å². The Hall–Kier alpha value is -3.02. The molecule has 0 saturated heterocycles. The van der Waals surface area contributed by atoms with Gasteiger partial charge in [-0.05, 0) is 62.1 Å². The number of nitrogens with zero attached hydrogens (tertiary/aromatic N) is 1. The highest BCUT2D eigenvalue weighted by molar-refractivity contribution is 5.95. The molecule has 1 heterocycles. The van der Waals surface area contributed by atoms with Crippen molar-refractivity contribution in [1.29, 1.82) is 0 Å². The van der Waals surface area contributed by atoms with Crippen LogP contribution in [0.4, 0.5) is 11.4 Å². The molecule has 0 aliphatic carbocycles. The molecule has 160 valence electrons. The highest BCUT2D eigenvalue weighted by Gasteiger charge is 2.32. The van der Waals surface area contributed by atoms with Crippen LogP contribution in [0.3, 0.4) is 0 Å². The fourth-order valence-electron chi connectivity index (χ4n) is 3.57. The SMILES string of the molecule is CCC(CC)NC(=O)C1CN(CC(=O)Nc2ccc(C)c(C)c2)c2ccccc2O1. The molecule has 1 aliphatic rings. The normalized spacial score (nSPS) is 15.4. The van der Waals surface area contributed by atoms with E-state index in [-0.39, 0.29) is 24.4 Å². The van der Waals surface area contributed by atoms with Crippen molar-refractivity contribution in [1.82, 2.24) is 5.32 Å². The molecule has 0 aromatic heterocycles. The number of aryl methyl sites for hydroxylation is 2. The van der Waals surface area contributed by atoms with Gasteiger partial charge in [0.1, 0.15) is 5.75 Å². The largest absolute Gasteiger partial charge is 0.477 e. The lowest BCUT2D eigenvalue weighted by Gasteiger charge is -2.35. The Balaban J connectivity index is 1.72. The second-order valence-corrected chi connectivity index (χ2v) is 7.82.